The molecule has 1 heteroatoms. The highest BCUT2D eigenvalue weighted by molar-refractivity contribution is 5.73. The zero-order chi connectivity index (χ0) is 12.3. The molecule has 0 atom stereocenters. The fourth-order valence-electron chi connectivity index (χ4n) is 1.87. The summed E-state index contributed by atoms with van der Waals surface area (Å²) in [5.74, 6) is 0.364. The molecule has 0 aliphatic rings. The van der Waals surface area contributed by atoms with Gasteiger partial charge in [-0.05, 0) is 31.0 Å². The van der Waals surface area contributed by atoms with Crippen molar-refractivity contribution in [1.29, 1.82) is 0 Å². The van der Waals surface area contributed by atoms with Crippen LogP contribution in [-0.4, -0.2) is 5.11 Å². The van der Waals surface area contributed by atoms with Gasteiger partial charge in [-0.3, -0.25) is 0 Å². The Bertz CT molecular complexity index is 539. The van der Waals surface area contributed by atoms with Gasteiger partial charge in [0, 0.05) is 5.56 Å². The van der Waals surface area contributed by atoms with Crippen LogP contribution in [0.4, 0.5) is 0 Å². The van der Waals surface area contributed by atoms with Gasteiger partial charge in [0.15, 0.2) is 0 Å². The second kappa shape index (κ2) is 4.88. The van der Waals surface area contributed by atoms with Gasteiger partial charge in [0.05, 0.1) is 0 Å². The Balaban J connectivity index is 2.33. The second-order valence-corrected chi connectivity index (χ2v) is 4.26. The van der Waals surface area contributed by atoms with Gasteiger partial charge in [-0.1, -0.05) is 54.1 Å². The highest BCUT2D eigenvalue weighted by Gasteiger charge is 2.02. The van der Waals surface area contributed by atoms with Crippen LogP contribution in [0.2, 0.25) is 0 Å². The summed E-state index contributed by atoms with van der Waals surface area (Å²) in [5.41, 5.74) is 4.07. The smallest absolute Gasteiger partial charge is 0.125 e. The molecule has 0 aliphatic carbocycles. The Morgan fingerprint density at radius 3 is 2.35 bits per heavy atom. The quantitative estimate of drug-likeness (QED) is 0.759. The van der Waals surface area contributed by atoms with Crippen molar-refractivity contribution in [2.24, 2.45) is 0 Å². The van der Waals surface area contributed by atoms with Crippen molar-refractivity contribution < 1.29 is 5.11 Å². The molecule has 0 unspecified atom stereocenters. The number of rotatable bonds is 2. The van der Waals surface area contributed by atoms with E-state index in [1.807, 2.05) is 68.5 Å². The average molecular weight is 224 g/mol. The molecule has 0 bridgehead atoms. The lowest BCUT2D eigenvalue weighted by atomic mass is 10.0. The molecule has 0 aliphatic heterocycles. The van der Waals surface area contributed by atoms with Crippen molar-refractivity contribution in [1.82, 2.24) is 0 Å². The molecule has 2 rings (SSSR count). The molecule has 0 saturated heterocycles. The van der Waals surface area contributed by atoms with Crippen molar-refractivity contribution in [3.8, 4) is 5.75 Å². The van der Waals surface area contributed by atoms with E-state index in [9.17, 15) is 5.11 Å². The Morgan fingerprint density at radius 2 is 1.65 bits per heavy atom. The minimum Gasteiger partial charge on any atom is -0.507 e. The van der Waals surface area contributed by atoms with Crippen molar-refractivity contribution >= 4 is 12.2 Å². The van der Waals surface area contributed by atoms with Gasteiger partial charge in [0.1, 0.15) is 5.75 Å². The zero-order valence-corrected chi connectivity index (χ0v) is 10.1. The first kappa shape index (κ1) is 11.5. The first-order chi connectivity index (χ1) is 8.16. The topological polar surface area (TPSA) is 20.2 Å². The number of aromatic hydroxyl groups is 1. The maximum atomic E-state index is 9.95. The summed E-state index contributed by atoms with van der Waals surface area (Å²) in [6, 6.07) is 14.0. The number of phenolic OH excluding ortho intramolecular Hbond substituents is 1. The van der Waals surface area contributed by atoms with Gasteiger partial charge in [-0.15, -0.1) is 0 Å². The van der Waals surface area contributed by atoms with Crippen LogP contribution in [0.5, 0.6) is 5.75 Å². The van der Waals surface area contributed by atoms with Crippen molar-refractivity contribution in [2.75, 3.05) is 0 Å². The van der Waals surface area contributed by atoms with Crippen molar-refractivity contribution in [3.63, 3.8) is 0 Å². The minimum absolute atomic E-state index is 0.364. The van der Waals surface area contributed by atoms with E-state index in [4.69, 9.17) is 0 Å². The molecule has 0 saturated carbocycles. The predicted octanol–water partition coefficient (Wildman–Crippen LogP) is 4.18. The molecular formula is C16H16O. The van der Waals surface area contributed by atoms with Crippen LogP contribution in [0, 0.1) is 13.8 Å². The van der Waals surface area contributed by atoms with E-state index in [2.05, 4.69) is 0 Å². The summed E-state index contributed by atoms with van der Waals surface area (Å²) in [7, 11) is 0. The molecule has 17 heavy (non-hydrogen) atoms. The van der Waals surface area contributed by atoms with Gasteiger partial charge in [0.25, 0.3) is 0 Å². The van der Waals surface area contributed by atoms with E-state index in [-0.39, 0.29) is 0 Å². The Labute approximate surface area is 102 Å². The van der Waals surface area contributed by atoms with Gasteiger partial charge in [0.2, 0.25) is 0 Å². The van der Waals surface area contributed by atoms with Gasteiger partial charge >= 0.3 is 0 Å². The van der Waals surface area contributed by atoms with Crippen molar-refractivity contribution in [3.05, 3.63) is 64.7 Å². The Kier molecular flexibility index (Phi) is 3.29. The summed E-state index contributed by atoms with van der Waals surface area (Å²) in [5, 5.41) is 9.95. The van der Waals surface area contributed by atoms with Crippen LogP contribution in [-0.2, 0) is 0 Å². The van der Waals surface area contributed by atoms with Crippen LogP contribution in [0.25, 0.3) is 12.2 Å². The summed E-state index contributed by atoms with van der Waals surface area (Å²) in [6.07, 6.45) is 3.96. The third-order valence-electron chi connectivity index (χ3n) is 2.73. The number of benzene rings is 2. The monoisotopic (exact) mass is 224 g/mol. The normalized spacial score (nSPS) is 10.9. The van der Waals surface area contributed by atoms with E-state index in [1.165, 1.54) is 0 Å². The summed E-state index contributed by atoms with van der Waals surface area (Å²) >= 11 is 0. The lowest BCUT2D eigenvalue weighted by molar-refractivity contribution is 0.469. The summed E-state index contributed by atoms with van der Waals surface area (Å²) in [6.45, 7) is 3.95. The number of hydrogen-bond donors (Lipinski definition) is 1. The largest absolute Gasteiger partial charge is 0.507 e. The van der Waals surface area contributed by atoms with Gasteiger partial charge in [-0.25, -0.2) is 0 Å². The highest BCUT2D eigenvalue weighted by Crippen LogP contribution is 2.25. The standard InChI is InChI=1S/C16H16O/c1-12-10-13(2)16(17)15(11-12)9-8-14-6-4-3-5-7-14/h3-11,17H,1-2H3/b9-8+. The van der Waals surface area contributed by atoms with E-state index in [1.54, 1.807) is 0 Å². The molecule has 1 N–H and O–H groups in total. The Hall–Kier alpha value is -2.02. The Morgan fingerprint density at radius 1 is 0.941 bits per heavy atom. The van der Waals surface area contributed by atoms with E-state index in [0.29, 0.717) is 5.75 Å². The molecule has 0 heterocycles. The number of phenols is 1. The molecule has 0 spiro atoms. The fraction of sp³-hybridized carbons (Fsp3) is 0.125. The molecular weight excluding hydrogens is 208 g/mol. The fourth-order valence-corrected chi connectivity index (χ4v) is 1.87. The minimum atomic E-state index is 0.364. The van der Waals surface area contributed by atoms with Crippen LogP contribution in [0.1, 0.15) is 22.3 Å². The van der Waals surface area contributed by atoms with Gasteiger partial charge < -0.3 is 5.11 Å². The highest BCUT2D eigenvalue weighted by atomic mass is 16.3. The SMILES string of the molecule is Cc1cc(C)c(O)c(/C=C/c2ccccc2)c1. The first-order valence-electron chi connectivity index (χ1n) is 5.70. The maximum absolute atomic E-state index is 9.95. The van der Waals surface area contributed by atoms with Gasteiger partial charge in [-0.2, -0.15) is 0 Å². The summed E-state index contributed by atoms with van der Waals surface area (Å²) in [4.78, 5) is 0. The van der Waals surface area contributed by atoms with E-state index >= 15 is 0 Å². The lowest BCUT2D eigenvalue weighted by Gasteiger charge is -2.05. The molecule has 1 nitrogen and oxygen atoms in total. The van der Waals surface area contributed by atoms with Crippen LogP contribution < -0.4 is 0 Å². The van der Waals surface area contributed by atoms with Crippen LogP contribution >= 0.6 is 0 Å². The molecule has 0 fully saturated rings. The molecule has 86 valence electrons. The zero-order valence-electron chi connectivity index (χ0n) is 10.1. The van der Waals surface area contributed by atoms with E-state index in [0.717, 1.165) is 22.3 Å². The third-order valence-corrected chi connectivity index (χ3v) is 2.73. The van der Waals surface area contributed by atoms with Crippen LogP contribution in [0.15, 0.2) is 42.5 Å². The van der Waals surface area contributed by atoms with Crippen LogP contribution in [0.3, 0.4) is 0 Å². The molecule has 2 aromatic carbocycles. The molecule has 0 radical (unpaired) electrons. The molecule has 2 aromatic rings. The molecule has 0 aromatic heterocycles. The first-order valence-corrected chi connectivity index (χ1v) is 5.70. The third kappa shape index (κ3) is 2.76. The number of hydrogen-bond acceptors (Lipinski definition) is 1. The summed E-state index contributed by atoms with van der Waals surface area (Å²) < 4.78 is 0. The average Bonchev–Trinajstić information content (AvgIpc) is 2.33. The number of aryl methyl sites for hydroxylation is 2. The maximum Gasteiger partial charge on any atom is 0.125 e. The van der Waals surface area contributed by atoms with E-state index < -0.39 is 0 Å². The second-order valence-electron chi connectivity index (χ2n) is 4.26. The van der Waals surface area contributed by atoms with Crippen molar-refractivity contribution in [2.45, 2.75) is 13.8 Å². The molecule has 0 amide bonds. The lowest BCUT2D eigenvalue weighted by Crippen LogP contribution is -1.83. The predicted molar refractivity (Wildman–Crippen MR) is 73.0 cm³/mol.